The van der Waals surface area contributed by atoms with Gasteiger partial charge >= 0.3 is 6.18 Å². The van der Waals surface area contributed by atoms with Gasteiger partial charge in [-0.15, -0.1) is 0 Å². The van der Waals surface area contributed by atoms with Gasteiger partial charge in [-0.1, -0.05) is 0 Å². The van der Waals surface area contributed by atoms with E-state index in [4.69, 9.17) is 0 Å². The lowest BCUT2D eigenvalue weighted by molar-refractivity contribution is -0.137. The molecule has 154 valence electrons. The summed E-state index contributed by atoms with van der Waals surface area (Å²) in [6, 6.07) is 6.93. The van der Waals surface area contributed by atoms with Crippen molar-refractivity contribution in [1.82, 2.24) is 19.4 Å². The molecule has 9 heteroatoms. The Morgan fingerprint density at radius 1 is 1.14 bits per heavy atom. The van der Waals surface area contributed by atoms with E-state index in [1.54, 1.807) is 11.6 Å². The molecule has 1 fully saturated rings. The predicted molar refractivity (Wildman–Crippen MR) is 105 cm³/mol. The first kappa shape index (κ1) is 19.5. The van der Waals surface area contributed by atoms with Gasteiger partial charge in [-0.25, -0.2) is 9.97 Å². The predicted octanol–water partition coefficient (Wildman–Crippen LogP) is 3.87. The Balaban J connectivity index is 1.65. The molecule has 4 rings (SSSR count). The molecule has 29 heavy (non-hydrogen) atoms. The summed E-state index contributed by atoms with van der Waals surface area (Å²) in [6.07, 6.45) is -2.33. The molecule has 1 aliphatic rings. The SMILES string of the molecule is CN1CCC[C@@H](Nc2ccc3c(n2)nc(-c2ccc(C(F)(F)F)cc2O)n3C)C1. The molecular formula is C20H22F3N5O. The average Bonchev–Trinajstić information content (AvgIpc) is 2.97. The zero-order valence-electron chi connectivity index (χ0n) is 16.2. The quantitative estimate of drug-likeness (QED) is 0.693. The van der Waals surface area contributed by atoms with Crippen molar-refractivity contribution in [3.63, 3.8) is 0 Å². The highest BCUT2D eigenvalue weighted by Crippen LogP contribution is 2.36. The Kier molecular flexibility index (Phi) is 4.85. The number of aryl methyl sites for hydroxylation is 1. The lowest BCUT2D eigenvalue weighted by Crippen LogP contribution is -2.39. The van der Waals surface area contributed by atoms with Crippen LogP contribution in [0, 0.1) is 0 Å². The van der Waals surface area contributed by atoms with Crippen molar-refractivity contribution >= 4 is 17.0 Å². The number of piperidine rings is 1. The maximum Gasteiger partial charge on any atom is 0.416 e. The molecule has 1 atom stereocenters. The van der Waals surface area contributed by atoms with Crippen molar-refractivity contribution in [2.75, 3.05) is 25.5 Å². The van der Waals surface area contributed by atoms with Crippen molar-refractivity contribution in [3.8, 4) is 17.1 Å². The normalized spacial score (nSPS) is 18.3. The van der Waals surface area contributed by atoms with Crippen molar-refractivity contribution in [3.05, 3.63) is 35.9 Å². The average molecular weight is 405 g/mol. The van der Waals surface area contributed by atoms with Crippen LogP contribution in [-0.4, -0.2) is 50.7 Å². The monoisotopic (exact) mass is 405 g/mol. The first-order valence-corrected chi connectivity index (χ1v) is 9.41. The Morgan fingerprint density at radius 3 is 2.62 bits per heavy atom. The third-order valence-corrected chi connectivity index (χ3v) is 5.29. The Bertz CT molecular complexity index is 1050. The van der Waals surface area contributed by atoms with Crippen LogP contribution in [0.25, 0.3) is 22.6 Å². The minimum atomic E-state index is -4.52. The molecule has 0 amide bonds. The van der Waals surface area contributed by atoms with E-state index >= 15 is 0 Å². The topological polar surface area (TPSA) is 66.2 Å². The number of imidazole rings is 1. The van der Waals surface area contributed by atoms with Gasteiger partial charge in [0.1, 0.15) is 17.4 Å². The van der Waals surface area contributed by atoms with Gasteiger partial charge in [-0.05, 0) is 56.8 Å². The van der Waals surface area contributed by atoms with Gasteiger partial charge < -0.3 is 19.9 Å². The lowest BCUT2D eigenvalue weighted by Gasteiger charge is -2.30. The van der Waals surface area contributed by atoms with Gasteiger partial charge in [0.15, 0.2) is 5.65 Å². The second-order valence-electron chi connectivity index (χ2n) is 7.51. The Labute approximate surface area is 166 Å². The Morgan fingerprint density at radius 2 is 1.93 bits per heavy atom. The Hall–Kier alpha value is -2.81. The minimum absolute atomic E-state index is 0.224. The maximum atomic E-state index is 12.9. The molecule has 3 heterocycles. The number of likely N-dealkylation sites (N-methyl/N-ethyl adjacent to an activating group) is 1. The fourth-order valence-electron chi connectivity index (χ4n) is 3.79. The second kappa shape index (κ2) is 7.22. The molecule has 0 bridgehead atoms. The zero-order valence-corrected chi connectivity index (χ0v) is 16.2. The van der Waals surface area contributed by atoms with Crippen molar-refractivity contribution < 1.29 is 18.3 Å². The number of hydrogen-bond donors (Lipinski definition) is 2. The van der Waals surface area contributed by atoms with Gasteiger partial charge in [-0.3, -0.25) is 0 Å². The molecule has 1 saturated heterocycles. The molecule has 0 radical (unpaired) electrons. The van der Waals surface area contributed by atoms with E-state index in [-0.39, 0.29) is 5.56 Å². The number of benzene rings is 1. The molecule has 1 aliphatic heterocycles. The molecule has 2 aromatic heterocycles. The maximum absolute atomic E-state index is 12.9. The third-order valence-electron chi connectivity index (χ3n) is 5.29. The summed E-state index contributed by atoms with van der Waals surface area (Å²) in [6.45, 7) is 2.03. The van der Waals surface area contributed by atoms with Crippen LogP contribution in [0.1, 0.15) is 18.4 Å². The summed E-state index contributed by atoms with van der Waals surface area (Å²) < 4.78 is 40.3. The highest BCUT2D eigenvalue weighted by Gasteiger charge is 2.31. The summed E-state index contributed by atoms with van der Waals surface area (Å²) in [5.41, 5.74) is 0.517. The third kappa shape index (κ3) is 3.87. The molecule has 0 unspecified atom stereocenters. The first-order chi connectivity index (χ1) is 13.7. The smallest absolute Gasteiger partial charge is 0.416 e. The van der Waals surface area contributed by atoms with E-state index in [0.717, 1.165) is 37.5 Å². The molecule has 0 saturated carbocycles. The standard InChI is InChI=1S/C20H22F3N5O/c1-27-9-3-4-13(11-27)24-17-8-7-15-18(25-17)26-19(28(15)2)14-6-5-12(10-16(14)29)20(21,22)23/h5-8,10,13,29H,3-4,9,11H2,1-2H3,(H,24,25)/t13-/m1/s1. The van der Waals surface area contributed by atoms with E-state index < -0.39 is 17.5 Å². The van der Waals surface area contributed by atoms with Crippen LogP contribution >= 0.6 is 0 Å². The van der Waals surface area contributed by atoms with Gasteiger partial charge in [0.05, 0.1) is 16.6 Å². The molecule has 2 N–H and O–H groups in total. The number of rotatable bonds is 3. The summed E-state index contributed by atoms with van der Waals surface area (Å²) in [4.78, 5) is 11.3. The number of nitrogens with one attached hydrogen (secondary N) is 1. The summed E-state index contributed by atoms with van der Waals surface area (Å²) in [5, 5.41) is 13.6. The summed E-state index contributed by atoms with van der Waals surface area (Å²) >= 11 is 0. The number of anilines is 1. The van der Waals surface area contributed by atoms with E-state index in [0.29, 0.717) is 29.4 Å². The first-order valence-electron chi connectivity index (χ1n) is 9.41. The number of aromatic nitrogens is 3. The molecule has 0 aliphatic carbocycles. The van der Waals surface area contributed by atoms with Gasteiger partial charge in [0.2, 0.25) is 0 Å². The largest absolute Gasteiger partial charge is 0.507 e. The van der Waals surface area contributed by atoms with Crippen LogP contribution in [0.15, 0.2) is 30.3 Å². The molecule has 0 spiro atoms. The number of nitrogens with zero attached hydrogens (tertiary/aromatic N) is 4. The molecule has 3 aromatic rings. The zero-order chi connectivity index (χ0) is 20.8. The number of fused-ring (bicyclic) bond motifs is 1. The van der Waals surface area contributed by atoms with Crippen LogP contribution in [0.5, 0.6) is 5.75 Å². The van der Waals surface area contributed by atoms with Crippen LogP contribution < -0.4 is 5.32 Å². The number of pyridine rings is 1. The number of phenolic OH excluding ortho intramolecular Hbond substituents is 1. The van der Waals surface area contributed by atoms with E-state index in [9.17, 15) is 18.3 Å². The van der Waals surface area contributed by atoms with Gasteiger partial charge in [0, 0.05) is 19.6 Å². The second-order valence-corrected chi connectivity index (χ2v) is 7.51. The summed E-state index contributed by atoms with van der Waals surface area (Å²) in [7, 11) is 3.83. The fraction of sp³-hybridized carbons (Fsp3) is 0.400. The van der Waals surface area contributed by atoms with Crippen LogP contribution in [0.2, 0.25) is 0 Å². The highest BCUT2D eigenvalue weighted by molar-refractivity contribution is 5.80. The van der Waals surface area contributed by atoms with Crippen molar-refractivity contribution in [2.45, 2.75) is 25.1 Å². The molecule has 1 aromatic carbocycles. The lowest BCUT2D eigenvalue weighted by atomic mass is 10.1. The summed E-state index contributed by atoms with van der Waals surface area (Å²) in [5.74, 6) is 0.592. The van der Waals surface area contributed by atoms with Gasteiger partial charge in [0.25, 0.3) is 0 Å². The van der Waals surface area contributed by atoms with Crippen molar-refractivity contribution in [2.24, 2.45) is 7.05 Å². The number of phenols is 1. The minimum Gasteiger partial charge on any atom is -0.507 e. The van der Waals surface area contributed by atoms with Gasteiger partial charge in [-0.2, -0.15) is 13.2 Å². The number of hydrogen-bond acceptors (Lipinski definition) is 5. The van der Waals surface area contributed by atoms with Crippen LogP contribution in [-0.2, 0) is 13.2 Å². The number of aromatic hydroxyl groups is 1. The van der Waals surface area contributed by atoms with Crippen LogP contribution in [0.4, 0.5) is 19.0 Å². The molecule has 6 nitrogen and oxygen atoms in total. The highest BCUT2D eigenvalue weighted by atomic mass is 19.4. The van der Waals surface area contributed by atoms with Crippen LogP contribution in [0.3, 0.4) is 0 Å². The number of halogens is 3. The van der Waals surface area contributed by atoms with E-state index in [1.165, 1.54) is 6.07 Å². The van der Waals surface area contributed by atoms with Crippen molar-refractivity contribution in [1.29, 1.82) is 0 Å². The van der Waals surface area contributed by atoms with E-state index in [1.807, 2.05) is 12.1 Å². The number of likely N-dealkylation sites (tertiary alicyclic amines) is 1. The number of alkyl halides is 3. The molecular weight excluding hydrogens is 383 g/mol. The van der Waals surface area contributed by atoms with E-state index in [2.05, 4.69) is 27.2 Å². The fourth-order valence-corrected chi connectivity index (χ4v) is 3.79.